The van der Waals surface area contributed by atoms with Crippen LogP contribution in [0.4, 0.5) is 0 Å². The first-order chi connectivity index (χ1) is 13.0. The molecule has 0 spiro atoms. The monoisotopic (exact) mass is 500 g/mol. The lowest BCUT2D eigenvalue weighted by molar-refractivity contribution is -0.243. The molecule has 1 saturated heterocycles. The highest BCUT2D eigenvalue weighted by Gasteiger charge is 2.47. The molecule has 0 radical (unpaired) electrons. The number of rotatable bonds is 14. The number of ether oxygens (including phenoxy) is 5. The Balaban J connectivity index is 2.90. The van der Waals surface area contributed by atoms with E-state index in [9.17, 15) is 4.79 Å². The molecule has 0 bridgehead atoms. The predicted molar refractivity (Wildman–Crippen MR) is 113 cm³/mol. The molecule has 0 aromatic carbocycles. The fourth-order valence-electron chi connectivity index (χ4n) is 2.86. The Kier molecular flexibility index (Phi) is 13.9. The Morgan fingerprint density at radius 1 is 0.852 bits per heavy atom. The summed E-state index contributed by atoms with van der Waals surface area (Å²) in [6, 6.07) is 0. The minimum Gasteiger partial charge on any atom is -0.463 e. The molecule has 0 N–H and O–H groups in total. The van der Waals surface area contributed by atoms with Crippen LogP contribution < -0.4 is 0 Å². The van der Waals surface area contributed by atoms with Crippen molar-refractivity contribution in [1.29, 1.82) is 0 Å². The zero-order chi connectivity index (χ0) is 20.1. The first-order valence-electron chi connectivity index (χ1n) is 10.3. The molecule has 1 fully saturated rings. The fraction of sp³-hybridized carbons (Fsp3) is 0.950. The zero-order valence-corrected chi connectivity index (χ0v) is 19.4. The highest BCUT2D eigenvalue weighted by molar-refractivity contribution is 14.1. The summed E-state index contributed by atoms with van der Waals surface area (Å²) >= 11 is 2.25. The van der Waals surface area contributed by atoms with Crippen LogP contribution in [0.1, 0.15) is 66.2 Å². The number of carbonyl (C=O) groups excluding carboxylic acids is 1. The van der Waals surface area contributed by atoms with E-state index in [1.54, 1.807) is 0 Å². The van der Waals surface area contributed by atoms with Crippen molar-refractivity contribution in [2.24, 2.45) is 0 Å². The van der Waals surface area contributed by atoms with Gasteiger partial charge in [0.1, 0.15) is 35.1 Å². The van der Waals surface area contributed by atoms with E-state index in [0.29, 0.717) is 19.8 Å². The molecular formula is C20H37IO6. The van der Waals surface area contributed by atoms with Gasteiger partial charge in [0.15, 0.2) is 0 Å². The van der Waals surface area contributed by atoms with Gasteiger partial charge in [-0.2, -0.15) is 0 Å². The van der Waals surface area contributed by atoms with E-state index in [-0.39, 0.29) is 41.1 Å². The predicted octanol–water partition coefficient (Wildman–Crippen LogP) is 4.27. The fourth-order valence-corrected chi connectivity index (χ4v) is 3.85. The van der Waals surface area contributed by atoms with Crippen LogP contribution in [0.25, 0.3) is 0 Å². The van der Waals surface area contributed by atoms with E-state index in [1.165, 1.54) is 6.92 Å². The van der Waals surface area contributed by atoms with Crippen molar-refractivity contribution in [3.63, 3.8) is 0 Å². The Hall–Kier alpha value is 0.0400. The Morgan fingerprint density at radius 2 is 1.33 bits per heavy atom. The van der Waals surface area contributed by atoms with Crippen molar-refractivity contribution in [3.05, 3.63) is 0 Å². The number of carbonyl (C=O) groups is 1. The maximum atomic E-state index is 11.3. The van der Waals surface area contributed by atoms with Crippen molar-refractivity contribution in [2.75, 3.05) is 26.4 Å². The summed E-state index contributed by atoms with van der Waals surface area (Å²) in [7, 11) is 0. The van der Waals surface area contributed by atoms with Crippen molar-refractivity contribution in [1.82, 2.24) is 0 Å². The van der Waals surface area contributed by atoms with Crippen LogP contribution in [0, 0.1) is 0 Å². The third-order valence-electron chi connectivity index (χ3n) is 4.45. The summed E-state index contributed by atoms with van der Waals surface area (Å²) in [6.45, 7) is 9.95. The molecule has 0 aromatic heterocycles. The van der Waals surface area contributed by atoms with Gasteiger partial charge in [0.05, 0.1) is 0 Å². The standard InChI is InChI=1S/C20H37IO6/c1-5-8-11-23-17-16(14-26-15(4)22)27-20(21)19(25-13-10-7-3)18(17)24-12-9-6-2/h16-20H,5-14H2,1-4H3/t16?,17-,18-,19?,20-/m0/s1. The van der Waals surface area contributed by atoms with E-state index in [0.717, 1.165) is 38.5 Å². The van der Waals surface area contributed by atoms with Crippen molar-refractivity contribution < 1.29 is 28.5 Å². The van der Waals surface area contributed by atoms with Crippen LogP contribution in [0.15, 0.2) is 0 Å². The number of hydrogen-bond acceptors (Lipinski definition) is 6. The third-order valence-corrected chi connectivity index (χ3v) is 5.45. The lowest BCUT2D eigenvalue weighted by Crippen LogP contribution is -2.60. The minimum absolute atomic E-state index is 0.168. The quantitative estimate of drug-likeness (QED) is 0.154. The lowest BCUT2D eigenvalue weighted by Gasteiger charge is -2.44. The van der Waals surface area contributed by atoms with Gasteiger partial charge in [-0.25, -0.2) is 0 Å². The summed E-state index contributed by atoms with van der Waals surface area (Å²) in [4.78, 5) is 11.3. The van der Waals surface area contributed by atoms with E-state index in [2.05, 4.69) is 43.4 Å². The number of hydrogen-bond donors (Lipinski definition) is 0. The second kappa shape index (κ2) is 15.0. The minimum atomic E-state index is -0.356. The largest absolute Gasteiger partial charge is 0.463 e. The molecule has 6 nitrogen and oxygen atoms in total. The van der Waals surface area contributed by atoms with E-state index < -0.39 is 0 Å². The SMILES string of the molecule is CCCCOC1[C@@H](OCCCC)[C@@H](OCCCC)C(COC(C)=O)O[C@@H]1I. The molecule has 2 unspecified atom stereocenters. The molecule has 0 aromatic rings. The van der Waals surface area contributed by atoms with E-state index in [4.69, 9.17) is 23.7 Å². The number of alkyl halides is 1. The van der Waals surface area contributed by atoms with Crippen molar-refractivity contribution in [2.45, 2.75) is 94.7 Å². The molecular weight excluding hydrogens is 463 g/mol. The van der Waals surface area contributed by atoms with Crippen LogP contribution in [0.5, 0.6) is 0 Å². The summed E-state index contributed by atoms with van der Waals surface area (Å²) in [5.41, 5.74) is 0. The van der Waals surface area contributed by atoms with Crippen LogP contribution in [0.3, 0.4) is 0 Å². The van der Waals surface area contributed by atoms with E-state index in [1.807, 2.05) is 0 Å². The van der Waals surface area contributed by atoms with Gasteiger partial charge in [-0.3, -0.25) is 4.79 Å². The van der Waals surface area contributed by atoms with Gasteiger partial charge in [0.25, 0.3) is 0 Å². The maximum absolute atomic E-state index is 11.3. The summed E-state index contributed by atoms with van der Waals surface area (Å²) in [6.07, 6.45) is 5.04. The van der Waals surface area contributed by atoms with Gasteiger partial charge >= 0.3 is 5.97 Å². The second-order valence-electron chi connectivity index (χ2n) is 6.90. The highest BCUT2D eigenvalue weighted by Crippen LogP contribution is 2.32. The number of halogens is 1. The molecule has 160 valence electrons. The topological polar surface area (TPSA) is 63.2 Å². The van der Waals surface area contributed by atoms with Gasteiger partial charge in [0, 0.05) is 26.7 Å². The van der Waals surface area contributed by atoms with Crippen LogP contribution >= 0.6 is 22.6 Å². The highest BCUT2D eigenvalue weighted by atomic mass is 127. The first-order valence-corrected chi connectivity index (χ1v) is 11.6. The number of unbranched alkanes of at least 4 members (excludes halogenated alkanes) is 3. The Morgan fingerprint density at radius 3 is 1.81 bits per heavy atom. The average Bonchev–Trinajstić information content (AvgIpc) is 2.64. The van der Waals surface area contributed by atoms with Gasteiger partial charge in [-0.05, 0) is 41.9 Å². The van der Waals surface area contributed by atoms with Gasteiger partial charge in [-0.1, -0.05) is 40.0 Å². The third kappa shape index (κ3) is 9.39. The Labute approximate surface area is 178 Å². The van der Waals surface area contributed by atoms with E-state index >= 15 is 0 Å². The summed E-state index contributed by atoms with van der Waals surface area (Å²) < 4.78 is 29.7. The van der Waals surface area contributed by atoms with Gasteiger partial charge < -0.3 is 23.7 Å². The molecule has 27 heavy (non-hydrogen) atoms. The molecule has 1 aliphatic rings. The summed E-state index contributed by atoms with van der Waals surface area (Å²) in [5, 5.41) is 0. The molecule has 1 heterocycles. The van der Waals surface area contributed by atoms with Crippen LogP contribution in [0.2, 0.25) is 0 Å². The summed E-state index contributed by atoms with van der Waals surface area (Å²) in [5.74, 6) is -0.319. The molecule has 7 heteroatoms. The lowest BCUT2D eigenvalue weighted by atomic mass is 9.99. The maximum Gasteiger partial charge on any atom is 0.302 e. The molecule has 5 atom stereocenters. The van der Waals surface area contributed by atoms with Crippen LogP contribution in [-0.4, -0.2) is 60.9 Å². The molecule has 0 amide bonds. The Bertz CT molecular complexity index is 395. The molecule has 1 rings (SSSR count). The first kappa shape index (κ1) is 25.1. The zero-order valence-electron chi connectivity index (χ0n) is 17.3. The van der Waals surface area contributed by atoms with Gasteiger partial charge in [0.2, 0.25) is 0 Å². The van der Waals surface area contributed by atoms with Crippen molar-refractivity contribution >= 4 is 28.6 Å². The van der Waals surface area contributed by atoms with Gasteiger partial charge in [-0.15, -0.1) is 0 Å². The van der Waals surface area contributed by atoms with Crippen LogP contribution in [-0.2, 0) is 28.5 Å². The normalized spacial score (nSPS) is 28.3. The second-order valence-corrected chi connectivity index (χ2v) is 8.12. The van der Waals surface area contributed by atoms with Crippen molar-refractivity contribution in [3.8, 4) is 0 Å². The molecule has 1 aliphatic heterocycles. The molecule has 0 aliphatic carbocycles. The molecule has 0 saturated carbocycles. The number of esters is 1. The average molecular weight is 500 g/mol. The smallest absolute Gasteiger partial charge is 0.302 e.